The number of hydrazine groups is 1. The minimum absolute atomic E-state index is 0.127. The van der Waals surface area contributed by atoms with Crippen molar-refractivity contribution in [2.75, 3.05) is 11.2 Å². The predicted molar refractivity (Wildman–Crippen MR) is 73.3 cm³/mol. The second kappa shape index (κ2) is 5.75. The maximum absolute atomic E-state index is 13.3. The molecule has 0 fully saturated rings. The van der Waals surface area contributed by atoms with Crippen molar-refractivity contribution in [2.24, 2.45) is 0 Å². The summed E-state index contributed by atoms with van der Waals surface area (Å²) in [6.45, 7) is 0. The highest BCUT2D eigenvalue weighted by atomic mass is 35.5. The Morgan fingerprint density at radius 2 is 1.90 bits per heavy atom. The van der Waals surface area contributed by atoms with Gasteiger partial charge in [0.15, 0.2) is 0 Å². The van der Waals surface area contributed by atoms with Gasteiger partial charge in [0.25, 0.3) is 5.91 Å². The first-order valence-electron chi connectivity index (χ1n) is 5.54. The first kappa shape index (κ1) is 14.1. The fraction of sp³-hybridized carbons (Fsp3) is 0. The maximum atomic E-state index is 13.3. The molecule has 20 heavy (non-hydrogen) atoms. The molecule has 0 heterocycles. The van der Waals surface area contributed by atoms with Gasteiger partial charge in [-0.3, -0.25) is 15.6 Å². The number of amides is 1. The van der Waals surface area contributed by atoms with Gasteiger partial charge in [-0.1, -0.05) is 11.6 Å². The van der Waals surface area contributed by atoms with Gasteiger partial charge in [0.2, 0.25) is 0 Å². The molecule has 2 aromatic rings. The second-order valence-corrected chi connectivity index (χ2v) is 4.37. The highest BCUT2D eigenvalue weighted by molar-refractivity contribution is 6.31. The Bertz CT molecular complexity index is 664. The quantitative estimate of drug-likeness (QED) is 0.603. The van der Waals surface area contributed by atoms with Gasteiger partial charge < -0.3 is 5.73 Å². The molecule has 0 bridgehead atoms. The average Bonchev–Trinajstić information content (AvgIpc) is 2.42. The van der Waals surface area contributed by atoms with Crippen LogP contribution < -0.4 is 16.6 Å². The highest BCUT2D eigenvalue weighted by Gasteiger charge is 2.11. The summed E-state index contributed by atoms with van der Waals surface area (Å²) >= 11 is 5.76. The van der Waals surface area contributed by atoms with E-state index in [2.05, 4.69) is 10.9 Å². The van der Waals surface area contributed by atoms with Crippen molar-refractivity contribution in [2.45, 2.75) is 0 Å². The van der Waals surface area contributed by atoms with E-state index in [-0.39, 0.29) is 16.9 Å². The number of rotatable bonds is 3. The Labute approximate surface area is 118 Å². The number of nitrogens with one attached hydrogen (secondary N) is 2. The van der Waals surface area contributed by atoms with Gasteiger partial charge in [-0.05, 0) is 30.3 Å². The smallest absolute Gasteiger partial charge is 0.271 e. The van der Waals surface area contributed by atoms with Crippen LogP contribution in [-0.4, -0.2) is 5.91 Å². The van der Waals surface area contributed by atoms with E-state index in [0.717, 1.165) is 18.2 Å². The molecule has 104 valence electrons. The van der Waals surface area contributed by atoms with E-state index in [1.807, 2.05) is 0 Å². The van der Waals surface area contributed by atoms with Crippen molar-refractivity contribution in [3.63, 3.8) is 0 Å². The van der Waals surface area contributed by atoms with Crippen molar-refractivity contribution in [3.05, 3.63) is 58.6 Å². The van der Waals surface area contributed by atoms with Crippen LogP contribution in [0.15, 0.2) is 36.4 Å². The Kier molecular flexibility index (Phi) is 4.05. The number of anilines is 2. The molecule has 0 spiro atoms. The topological polar surface area (TPSA) is 67.2 Å². The fourth-order valence-corrected chi connectivity index (χ4v) is 1.68. The normalized spacial score (nSPS) is 10.2. The zero-order chi connectivity index (χ0) is 14.7. The van der Waals surface area contributed by atoms with E-state index in [4.69, 9.17) is 17.3 Å². The number of nitrogens with two attached hydrogens (primary N) is 1. The Hall–Kier alpha value is -2.34. The number of carbonyl (C=O) groups is 1. The van der Waals surface area contributed by atoms with Crippen molar-refractivity contribution < 1.29 is 13.6 Å². The predicted octanol–water partition coefficient (Wildman–Crippen LogP) is 2.96. The molecule has 0 aliphatic heterocycles. The van der Waals surface area contributed by atoms with Crippen molar-refractivity contribution in [1.29, 1.82) is 0 Å². The van der Waals surface area contributed by atoms with Gasteiger partial charge in [-0.15, -0.1) is 0 Å². The third-order valence-corrected chi connectivity index (χ3v) is 2.73. The minimum Gasteiger partial charge on any atom is -0.398 e. The minimum atomic E-state index is -0.703. The monoisotopic (exact) mass is 297 g/mol. The Balaban J connectivity index is 2.12. The summed E-state index contributed by atoms with van der Waals surface area (Å²) in [6, 6.07) is 7.20. The summed E-state index contributed by atoms with van der Waals surface area (Å²) in [6.07, 6.45) is 0. The van der Waals surface area contributed by atoms with Crippen molar-refractivity contribution >= 4 is 28.9 Å². The molecule has 0 atom stereocenters. The average molecular weight is 298 g/mol. The third kappa shape index (κ3) is 3.16. The zero-order valence-corrected chi connectivity index (χ0v) is 10.8. The number of benzene rings is 2. The lowest BCUT2D eigenvalue weighted by molar-refractivity contribution is 0.0963. The van der Waals surface area contributed by atoms with Crippen LogP contribution in [0.25, 0.3) is 0 Å². The van der Waals surface area contributed by atoms with E-state index in [0.29, 0.717) is 5.02 Å². The van der Waals surface area contributed by atoms with Crippen LogP contribution >= 0.6 is 11.6 Å². The summed E-state index contributed by atoms with van der Waals surface area (Å²) in [5.41, 5.74) is 10.3. The van der Waals surface area contributed by atoms with Gasteiger partial charge in [0.05, 0.1) is 11.3 Å². The van der Waals surface area contributed by atoms with E-state index in [1.54, 1.807) is 0 Å². The molecule has 4 N–H and O–H groups in total. The van der Waals surface area contributed by atoms with Gasteiger partial charge in [-0.25, -0.2) is 8.78 Å². The van der Waals surface area contributed by atoms with Gasteiger partial charge in [0.1, 0.15) is 11.6 Å². The molecular weight excluding hydrogens is 288 g/mol. The van der Waals surface area contributed by atoms with Crippen LogP contribution in [0.1, 0.15) is 10.4 Å². The number of nitrogen functional groups attached to an aromatic ring is 1. The summed E-state index contributed by atoms with van der Waals surface area (Å²) < 4.78 is 26.3. The summed E-state index contributed by atoms with van der Waals surface area (Å²) in [7, 11) is 0. The van der Waals surface area contributed by atoms with Crippen LogP contribution in [0.5, 0.6) is 0 Å². The number of hydrogen-bond acceptors (Lipinski definition) is 3. The summed E-state index contributed by atoms with van der Waals surface area (Å²) in [5.74, 6) is -1.95. The van der Waals surface area contributed by atoms with E-state index < -0.39 is 17.5 Å². The molecule has 0 saturated carbocycles. The summed E-state index contributed by atoms with van der Waals surface area (Å²) in [4.78, 5) is 11.9. The molecule has 1 amide bonds. The lowest BCUT2D eigenvalue weighted by Gasteiger charge is -2.11. The molecule has 0 aromatic heterocycles. The van der Waals surface area contributed by atoms with E-state index >= 15 is 0 Å². The summed E-state index contributed by atoms with van der Waals surface area (Å²) in [5, 5.41) is 0.335. The van der Waals surface area contributed by atoms with Crippen molar-refractivity contribution in [1.82, 2.24) is 5.43 Å². The lowest BCUT2D eigenvalue weighted by Crippen LogP contribution is -2.30. The first-order chi connectivity index (χ1) is 9.47. The largest absolute Gasteiger partial charge is 0.398 e. The zero-order valence-electron chi connectivity index (χ0n) is 10.1. The molecule has 0 unspecified atom stereocenters. The molecule has 0 saturated heterocycles. The number of halogens is 3. The molecular formula is C13H10ClF2N3O. The van der Waals surface area contributed by atoms with Crippen molar-refractivity contribution in [3.8, 4) is 0 Å². The van der Waals surface area contributed by atoms with Crippen LogP contribution in [0.3, 0.4) is 0 Å². The third-order valence-electron chi connectivity index (χ3n) is 2.50. The van der Waals surface area contributed by atoms with Crippen LogP contribution in [0.2, 0.25) is 5.02 Å². The van der Waals surface area contributed by atoms with Crippen LogP contribution in [-0.2, 0) is 0 Å². The Morgan fingerprint density at radius 3 is 2.65 bits per heavy atom. The molecule has 0 aliphatic rings. The maximum Gasteiger partial charge on any atom is 0.271 e. The van der Waals surface area contributed by atoms with Gasteiger partial charge >= 0.3 is 0 Å². The second-order valence-electron chi connectivity index (χ2n) is 3.93. The van der Waals surface area contributed by atoms with E-state index in [9.17, 15) is 13.6 Å². The lowest BCUT2D eigenvalue weighted by atomic mass is 10.2. The first-order valence-corrected chi connectivity index (χ1v) is 5.91. The molecule has 7 heteroatoms. The number of hydrogen-bond donors (Lipinski definition) is 3. The molecule has 0 aliphatic carbocycles. The fourth-order valence-electron chi connectivity index (χ4n) is 1.51. The highest BCUT2D eigenvalue weighted by Crippen LogP contribution is 2.18. The van der Waals surface area contributed by atoms with Crippen LogP contribution in [0, 0.1) is 11.6 Å². The van der Waals surface area contributed by atoms with Gasteiger partial charge in [-0.2, -0.15) is 0 Å². The molecule has 2 rings (SSSR count). The van der Waals surface area contributed by atoms with Gasteiger partial charge in [0, 0.05) is 16.8 Å². The molecule has 0 radical (unpaired) electrons. The molecule has 4 nitrogen and oxygen atoms in total. The standard InChI is InChI=1S/C13H10ClF2N3O/c14-7-1-4-11(17)9(5-7)13(20)19-18-12-6-8(15)2-3-10(12)16/h1-6,18H,17H2,(H,19,20). The number of carbonyl (C=O) groups excluding carboxylic acids is 1. The molecule has 2 aromatic carbocycles. The SMILES string of the molecule is Nc1ccc(Cl)cc1C(=O)NNc1cc(F)ccc1F. The van der Waals surface area contributed by atoms with E-state index in [1.165, 1.54) is 18.2 Å². The van der Waals surface area contributed by atoms with Crippen LogP contribution in [0.4, 0.5) is 20.2 Å². The Morgan fingerprint density at radius 1 is 1.15 bits per heavy atom.